The van der Waals surface area contributed by atoms with Gasteiger partial charge >= 0.3 is 0 Å². The Morgan fingerprint density at radius 3 is 2.56 bits per heavy atom. The Morgan fingerprint density at radius 1 is 1.28 bits per heavy atom. The van der Waals surface area contributed by atoms with Gasteiger partial charge in [0.15, 0.2) is 0 Å². The molecule has 3 nitrogen and oxygen atoms in total. The van der Waals surface area contributed by atoms with Gasteiger partial charge in [-0.3, -0.25) is 0 Å². The first-order chi connectivity index (χ1) is 8.39. The van der Waals surface area contributed by atoms with Crippen LogP contribution in [-0.4, -0.2) is 9.78 Å². The second-order valence-electron chi connectivity index (χ2n) is 6.55. The van der Waals surface area contributed by atoms with Gasteiger partial charge in [0.25, 0.3) is 0 Å². The number of aromatic nitrogens is 2. The van der Waals surface area contributed by atoms with E-state index in [-0.39, 0.29) is 0 Å². The average Bonchev–Trinajstić information content (AvgIpc) is 2.55. The fourth-order valence-corrected chi connectivity index (χ4v) is 3.41. The highest BCUT2D eigenvalue weighted by atomic mass is 127. The number of anilines is 1. The van der Waals surface area contributed by atoms with E-state index >= 15 is 0 Å². The quantitative estimate of drug-likeness (QED) is 0.601. The van der Waals surface area contributed by atoms with Crippen LogP contribution < -0.4 is 5.73 Å². The largest absolute Gasteiger partial charge is 0.383 e. The Bertz CT molecular complexity index is 406. The molecule has 1 aliphatic carbocycles. The molecule has 1 fully saturated rings. The van der Waals surface area contributed by atoms with Gasteiger partial charge in [-0.05, 0) is 59.6 Å². The monoisotopic (exact) mass is 361 g/mol. The molecule has 102 valence electrons. The lowest BCUT2D eigenvalue weighted by atomic mass is 9.76. The highest BCUT2D eigenvalue weighted by Crippen LogP contribution is 2.40. The summed E-state index contributed by atoms with van der Waals surface area (Å²) in [6, 6.07) is 0.501. The van der Waals surface area contributed by atoms with Gasteiger partial charge in [-0.15, -0.1) is 0 Å². The van der Waals surface area contributed by atoms with Crippen molar-refractivity contribution in [3.8, 4) is 0 Å². The average molecular weight is 361 g/mol. The van der Waals surface area contributed by atoms with Gasteiger partial charge in [-0.25, -0.2) is 4.68 Å². The Balaban J connectivity index is 2.08. The summed E-state index contributed by atoms with van der Waals surface area (Å²) >= 11 is 2.26. The smallest absolute Gasteiger partial charge is 0.135 e. The fraction of sp³-hybridized carbons (Fsp3) is 0.786. The van der Waals surface area contributed by atoms with Gasteiger partial charge in [0.2, 0.25) is 0 Å². The minimum Gasteiger partial charge on any atom is -0.383 e. The van der Waals surface area contributed by atoms with Crippen LogP contribution in [0.3, 0.4) is 0 Å². The molecule has 0 amide bonds. The molecule has 2 rings (SSSR count). The van der Waals surface area contributed by atoms with Gasteiger partial charge in [0.1, 0.15) is 5.82 Å². The van der Waals surface area contributed by atoms with Gasteiger partial charge in [-0.2, -0.15) is 5.10 Å². The van der Waals surface area contributed by atoms with E-state index in [1.54, 1.807) is 0 Å². The zero-order chi connectivity index (χ0) is 13.3. The van der Waals surface area contributed by atoms with E-state index < -0.39 is 0 Å². The lowest BCUT2D eigenvalue weighted by Crippen LogP contribution is -2.20. The minimum absolute atomic E-state index is 0.430. The van der Waals surface area contributed by atoms with Crippen LogP contribution in [0.5, 0.6) is 0 Å². The molecule has 1 aromatic rings. The predicted octanol–water partition coefficient (Wildman–Crippen LogP) is 4.24. The first kappa shape index (κ1) is 14.2. The third kappa shape index (κ3) is 3.00. The highest BCUT2D eigenvalue weighted by molar-refractivity contribution is 14.1. The Kier molecular flexibility index (Phi) is 4.24. The summed E-state index contributed by atoms with van der Waals surface area (Å²) in [5.41, 5.74) is 6.53. The molecule has 1 saturated carbocycles. The summed E-state index contributed by atoms with van der Waals surface area (Å²) in [7, 11) is 0. The molecule has 0 radical (unpaired) electrons. The molecule has 1 aliphatic rings. The first-order valence-corrected chi connectivity index (χ1v) is 7.96. The van der Waals surface area contributed by atoms with Crippen LogP contribution in [-0.2, 0) is 0 Å². The molecule has 18 heavy (non-hydrogen) atoms. The molecule has 2 unspecified atom stereocenters. The Morgan fingerprint density at radius 2 is 2.00 bits per heavy atom. The van der Waals surface area contributed by atoms with Crippen LogP contribution in [0.1, 0.15) is 58.9 Å². The van der Waals surface area contributed by atoms with E-state index in [9.17, 15) is 0 Å². The number of nitrogen functional groups attached to an aromatic ring is 1. The zero-order valence-electron chi connectivity index (χ0n) is 11.6. The highest BCUT2D eigenvalue weighted by Gasteiger charge is 2.29. The topological polar surface area (TPSA) is 43.8 Å². The van der Waals surface area contributed by atoms with E-state index in [1.807, 2.05) is 10.9 Å². The summed E-state index contributed by atoms with van der Waals surface area (Å²) in [5.74, 6) is 1.67. The van der Waals surface area contributed by atoms with Crippen molar-refractivity contribution in [1.82, 2.24) is 9.78 Å². The van der Waals surface area contributed by atoms with E-state index in [1.165, 1.54) is 32.1 Å². The van der Waals surface area contributed by atoms with E-state index in [0.717, 1.165) is 15.3 Å². The third-order valence-electron chi connectivity index (χ3n) is 4.30. The van der Waals surface area contributed by atoms with Crippen molar-refractivity contribution < 1.29 is 0 Å². The maximum atomic E-state index is 6.10. The second kappa shape index (κ2) is 5.39. The summed E-state index contributed by atoms with van der Waals surface area (Å²) in [5, 5.41) is 4.45. The number of hydrogen-bond acceptors (Lipinski definition) is 2. The molecular weight excluding hydrogens is 337 g/mol. The molecule has 4 heteroatoms. The summed E-state index contributed by atoms with van der Waals surface area (Å²) in [6.07, 6.45) is 8.24. The summed E-state index contributed by atoms with van der Waals surface area (Å²) < 4.78 is 3.12. The first-order valence-electron chi connectivity index (χ1n) is 6.88. The van der Waals surface area contributed by atoms with Crippen molar-refractivity contribution in [2.45, 2.75) is 58.9 Å². The fourth-order valence-electron chi connectivity index (χ4n) is 3.03. The molecular formula is C14H24IN3. The normalized spacial score (nSPS) is 26.0. The lowest BCUT2D eigenvalue weighted by molar-refractivity contribution is 0.212. The molecule has 0 aliphatic heterocycles. The van der Waals surface area contributed by atoms with Crippen LogP contribution in [0.4, 0.5) is 5.82 Å². The Hall–Kier alpha value is -0.260. The van der Waals surface area contributed by atoms with Crippen LogP contribution in [0.15, 0.2) is 6.20 Å². The van der Waals surface area contributed by atoms with Gasteiger partial charge in [-0.1, -0.05) is 27.2 Å². The van der Waals surface area contributed by atoms with E-state index in [0.29, 0.717) is 11.5 Å². The SMILES string of the molecule is CC(C)(C)C1CCCC(n2ncc(I)c2N)CC1. The maximum absolute atomic E-state index is 6.10. The predicted molar refractivity (Wildman–Crippen MR) is 84.4 cm³/mol. The number of halogens is 1. The maximum Gasteiger partial charge on any atom is 0.135 e. The van der Waals surface area contributed by atoms with Crippen molar-refractivity contribution in [2.24, 2.45) is 11.3 Å². The van der Waals surface area contributed by atoms with Crippen LogP contribution in [0.2, 0.25) is 0 Å². The van der Waals surface area contributed by atoms with Crippen molar-refractivity contribution in [2.75, 3.05) is 5.73 Å². The number of rotatable bonds is 1. The van der Waals surface area contributed by atoms with Crippen molar-refractivity contribution in [3.63, 3.8) is 0 Å². The number of nitrogens with zero attached hydrogens (tertiary/aromatic N) is 2. The third-order valence-corrected chi connectivity index (χ3v) is 5.13. The van der Waals surface area contributed by atoms with Crippen molar-refractivity contribution in [1.29, 1.82) is 0 Å². The minimum atomic E-state index is 0.430. The van der Waals surface area contributed by atoms with E-state index in [2.05, 4.69) is 48.5 Å². The molecule has 1 aromatic heterocycles. The Labute approximate surface area is 124 Å². The second-order valence-corrected chi connectivity index (χ2v) is 7.71. The summed E-state index contributed by atoms with van der Waals surface area (Å²) in [6.45, 7) is 7.09. The standard InChI is InChI=1S/C14H24IN3/c1-14(2,3)10-5-4-6-11(8-7-10)18-13(16)12(15)9-17-18/h9-11H,4-8,16H2,1-3H3. The van der Waals surface area contributed by atoms with Gasteiger partial charge in [0, 0.05) is 0 Å². The van der Waals surface area contributed by atoms with Crippen LogP contribution in [0.25, 0.3) is 0 Å². The molecule has 0 spiro atoms. The molecule has 2 atom stereocenters. The molecule has 0 saturated heterocycles. The van der Waals surface area contributed by atoms with E-state index in [4.69, 9.17) is 5.73 Å². The lowest BCUT2D eigenvalue weighted by Gasteiger charge is -2.29. The van der Waals surface area contributed by atoms with Crippen molar-refractivity contribution in [3.05, 3.63) is 9.77 Å². The number of nitrogens with two attached hydrogens (primary N) is 1. The van der Waals surface area contributed by atoms with Gasteiger partial charge in [0.05, 0.1) is 15.8 Å². The van der Waals surface area contributed by atoms with Gasteiger partial charge < -0.3 is 5.73 Å². The zero-order valence-corrected chi connectivity index (χ0v) is 13.8. The summed E-state index contributed by atoms with van der Waals surface area (Å²) in [4.78, 5) is 0. The van der Waals surface area contributed by atoms with Crippen molar-refractivity contribution >= 4 is 28.4 Å². The van der Waals surface area contributed by atoms with Crippen LogP contribution >= 0.6 is 22.6 Å². The molecule has 2 N–H and O–H groups in total. The molecule has 0 aromatic carbocycles. The van der Waals surface area contributed by atoms with Crippen LogP contribution in [0, 0.1) is 14.9 Å². The number of hydrogen-bond donors (Lipinski definition) is 1. The molecule has 1 heterocycles. The molecule has 0 bridgehead atoms.